The molecule has 0 aromatic heterocycles. The molecule has 2 atom stereocenters. The van der Waals surface area contributed by atoms with Gasteiger partial charge in [0.05, 0.1) is 0 Å². The number of nitrogens with zero attached hydrogens (tertiary/aromatic N) is 1. The van der Waals surface area contributed by atoms with Crippen molar-refractivity contribution in [2.24, 2.45) is 0 Å². The molecule has 0 aromatic carbocycles. The molecule has 2 nitrogen and oxygen atoms in total. The first-order valence-electron chi connectivity index (χ1n) is 5.42. The molecule has 0 spiro atoms. The predicted molar refractivity (Wildman–Crippen MR) is 55.8 cm³/mol. The molecule has 2 rings (SSSR count). The topological polar surface area (TPSA) is 15.3 Å². The summed E-state index contributed by atoms with van der Waals surface area (Å²) in [6.45, 7) is 8.52. The zero-order valence-corrected chi connectivity index (χ0v) is 8.50. The van der Waals surface area contributed by atoms with Gasteiger partial charge in [0, 0.05) is 31.2 Å². The maximum atomic E-state index is 3.79. The van der Waals surface area contributed by atoms with E-state index in [2.05, 4.69) is 23.7 Å². The van der Waals surface area contributed by atoms with Gasteiger partial charge in [-0.05, 0) is 26.2 Å². The lowest BCUT2D eigenvalue weighted by molar-refractivity contribution is 0.316. The third-order valence-corrected chi connectivity index (χ3v) is 3.14. The van der Waals surface area contributed by atoms with E-state index in [0.717, 1.165) is 6.04 Å². The molecule has 1 saturated heterocycles. The zero-order valence-electron chi connectivity index (χ0n) is 8.50. The van der Waals surface area contributed by atoms with Crippen LogP contribution in [-0.4, -0.2) is 36.1 Å². The summed E-state index contributed by atoms with van der Waals surface area (Å²) in [5.74, 6) is 0. The molecule has 2 fully saturated rings. The molecule has 1 heterocycles. The number of likely N-dealkylation sites (tertiary alicyclic amines) is 1. The highest BCUT2D eigenvalue weighted by molar-refractivity contribution is 4.94. The van der Waals surface area contributed by atoms with E-state index in [9.17, 15) is 0 Å². The van der Waals surface area contributed by atoms with E-state index in [1.165, 1.54) is 32.4 Å². The predicted octanol–water partition coefficient (Wildman–Crippen LogP) is 1.39. The zero-order chi connectivity index (χ0) is 9.26. The fourth-order valence-electron chi connectivity index (χ4n) is 2.13. The highest BCUT2D eigenvalue weighted by Crippen LogP contribution is 2.29. The second-order valence-corrected chi connectivity index (χ2v) is 4.40. The van der Waals surface area contributed by atoms with E-state index in [-0.39, 0.29) is 0 Å². The van der Waals surface area contributed by atoms with E-state index in [4.69, 9.17) is 0 Å². The van der Waals surface area contributed by atoms with Crippen LogP contribution in [0.1, 0.15) is 26.2 Å². The molecule has 2 aliphatic rings. The van der Waals surface area contributed by atoms with E-state index in [1.807, 2.05) is 6.08 Å². The molecule has 0 bridgehead atoms. The van der Waals surface area contributed by atoms with Gasteiger partial charge in [-0.2, -0.15) is 0 Å². The van der Waals surface area contributed by atoms with Crippen LogP contribution in [0.4, 0.5) is 0 Å². The van der Waals surface area contributed by atoms with Crippen LogP contribution in [0, 0.1) is 0 Å². The van der Waals surface area contributed by atoms with Crippen molar-refractivity contribution in [3.8, 4) is 0 Å². The Hall–Kier alpha value is -0.340. The number of hydrogen-bond donors (Lipinski definition) is 1. The minimum absolute atomic E-state index is 0.462. The molecule has 1 aliphatic heterocycles. The standard InChI is InChI=1S/C11H20N2/c1-3-9(2)12-10-6-7-13(8-10)11-4-5-11/h3,9-12H,1,4-8H2,2H3. The van der Waals surface area contributed by atoms with Gasteiger partial charge in [0.15, 0.2) is 0 Å². The third kappa shape index (κ3) is 2.32. The van der Waals surface area contributed by atoms with Crippen molar-refractivity contribution < 1.29 is 0 Å². The number of nitrogens with one attached hydrogen (secondary N) is 1. The second kappa shape index (κ2) is 3.81. The van der Waals surface area contributed by atoms with Gasteiger partial charge in [-0.1, -0.05) is 6.08 Å². The Kier molecular flexibility index (Phi) is 2.70. The molecule has 1 saturated carbocycles. The molecule has 1 aliphatic carbocycles. The summed E-state index contributed by atoms with van der Waals surface area (Å²) in [6, 6.07) is 2.10. The van der Waals surface area contributed by atoms with Crippen LogP contribution in [0.15, 0.2) is 12.7 Å². The monoisotopic (exact) mass is 180 g/mol. The molecule has 2 heteroatoms. The maximum Gasteiger partial charge on any atom is 0.0222 e. The molecule has 1 N–H and O–H groups in total. The molecule has 0 amide bonds. The smallest absolute Gasteiger partial charge is 0.0222 e. The summed E-state index contributed by atoms with van der Waals surface area (Å²) in [5, 5.41) is 3.58. The van der Waals surface area contributed by atoms with Crippen molar-refractivity contribution in [2.45, 2.75) is 44.3 Å². The fourth-order valence-corrected chi connectivity index (χ4v) is 2.13. The lowest BCUT2D eigenvalue weighted by Gasteiger charge is -2.18. The highest BCUT2D eigenvalue weighted by atomic mass is 15.2. The molecule has 2 unspecified atom stereocenters. The normalized spacial score (nSPS) is 31.9. The lowest BCUT2D eigenvalue weighted by atomic mass is 10.2. The van der Waals surface area contributed by atoms with Crippen molar-refractivity contribution >= 4 is 0 Å². The number of hydrogen-bond acceptors (Lipinski definition) is 2. The SMILES string of the molecule is C=CC(C)NC1CCN(C2CC2)C1. The summed E-state index contributed by atoms with van der Waals surface area (Å²) < 4.78 is 0. The Morgan fingerprint density at radius 3 is 2.85 bits per heavy atom. The minimum atomic E-state index is 0.462. The van der Waals surface area contributed by atoms with Gasteiger partial charge >= 0.3 is 0 Å². The van der Waals surface area contributed by atoms with Crippen molar-refractivity contribution in [1.82, 2.24) is 10.2 Å². The van der Waals surface area contributed by atoms with Crippen LogP contribution in [0.5, 0.6) is 0 Å². The summed E-state index contributed by atoms with van der Waals surface area (Å²) >= 11 is 0. The van der Waals surface area contributed by atoms with E-state index < -0.39 is 0 Å². The Balaban J connectivity index is 1.73. The summed E-state index contributed by atoms with van der Waals surface area (Å²) in [7, 11) is 0. The van der Waals surface area contributed by atoms with Gasteiger partial charge in [-0.25, -0.2) is 0 Å². The van der Waals surface area contributed by atoms with Gasteiger partial charge in [0.1, 0.15) is 0 Å². The van der Waals surface area contributed by atoms with Gasteiger partial charge < -0.3 is 5.32 Å². The van der Waals surface area contributed by atoms with Crippen molar-refractivity contribution in [3.63, 3.8) is 0 Å². The van der Waals surface area contributed by atoms with Crippen molar-refractivity contribution in [1.29, 1.82) is 0 Å². The highest BCUT2D eigenvalue weighted by Gasteiger charge is 2.34. The average molecular weight is 180 g/mol. The minimum Gasteiger partial charge on any atom is -0.307 e. The van der Waals surface area contributed by atoms with Crippen LogP contribution in [-0.2, 0) is 0 Å². The summed E-state index contributed by atoms with van der Waals surface area (Å²) in [4.78, 5) is 2.63. The molecule has 13 heavy (non-hydrogen) atoms. The maximum absolute atomic E-state index is 3.79. The van der Waals surface area contributed by atoms with Crippen molar-refractivity contribution in [3.05, 3.63) is 12.7 Å². The summed E-state index contributed by atoms with van der Waals surface area (Å²) in [5.41, 5.74) is 0. The van der Waals surface area contributed by atoms with E-state index in [0.29, 0.717) is 12.1 Å². The first-order valence-corrected chi connectivity index (χ1v) is 5.42. The molecule has 0 aromatic rings. The average Bonchev–Trinajstić information content (AvgIpc) is 2.88. The first-order chi connectivity index (χ1) is 6.29. The van der Waals surface area contributed by atoms with Crippen LogP contribution in [0.25, 0.3) is 0 Å². The van der Waals surface area contributed by atoms with E-state index in [1.54, 1.807) is 0 Å². The molecular weight excluding hydrogens is 160 g/mol. The fraction of sp³-hybridized carbons (Fsp3) is 0.818. The molecular formula is C11H20N2. The number of rotatable bonds is 4. The Bertz CT molecular complexity index is 187. The quantitative estimate of drug-likeness (QED) is 0.658. The van der Waals surface area contributed by atoms with Crippen LogP contribution >= 0.6 is 0 Å². The van der Waals surface area contributed by atoms with Gasteiger partial charge in [-0.3, -0.25) is 4.90 Å². The van der Waals surface area contributed by atoms with Crippen molar-refractivity contribution in [2.75, 3.05) is 13.1 Å². The van der Waals surface area contributed by atoms with Gasteiger partial charge in [-0.15, -0.1) is 6.58 Å². The second-order valence-electron chi connectivity index (χ2n) is 4.40. The Morgan fingerprint density at radius 2 is 2.23 bits per heavy atom. The van der Waals surface area contributed by atoms with Gasteiger partial charge in [0.25, 0.3) is 0 Å². The Morgan fingerprint density at radius 1 is 1.46 bits per heavy atom. The Labute approximate surface area is 81.0 Å². The lowest BCUT2D eigenvalue weighted by Crippen LogP contribution is -2.37. The molecule has 74 valence electrons. The van der Waals surface area contributed by atoms with Gasteiger partial charge in [0.2, 0.25) is 0 Å². The van der Waals surface area contributed by atoms with Crippen LogP contribution in [0.3, 0.4) is 0 Å². The largest absolute Gasteiger partial charge is 0.307 e. The third-order valence-electron chi connectivity index (χ3n) is 3.14. The van der Waals surface area contributed by atoms with Crippen LogP contribution in [0.2, 0.25) is 0 Å². The summed E-state index contributed by atoms with van der Waals surface area (Å²) in [6.07, 6.45) is 6.17. The first kappa shape index (κ1) is 9.22. The van der Waals surface area contributed by atoms with Crippen LogP contribution < -0.4 is 5.32 Å². The molecule has 0 radical (unpaired) electrons. The van der Waals surface area contributed by atoms with E-state index >= 15 is 0 Å².